The van der Waals surface area contributed by atoms with Crippen LogP contribution in [0, 0.1) is 0 Å². The van der Waals surface area contributed by atoms with Gasteiger partial charge in [-0.25, -0.2) is 0 Å². The van der Waals surface area contributed by atoms with Gasteiger partial charge in [-0.3, -0.25) is 9.78 Å². The largest absolute Gasteiger partial charge is 0.451 e. The van der Waals surface area contributed by atoms with Gasteiger partial charge in [-0.2, -0.15) is 0 Å². The van der Waals surface area contributed by atoms with Crippen LogP contribution in [0.4, 0.5) is 0 Å². The Morgan fingerprint density at radius 2 is 1.82 bits per heavy atom. The Labute approximate surface area is 164 Å². The lowest BCUT2D eigenvalue weighted by Crippen LogP contribution is -2.36. The Hall–Kier alpha value is -3.40. The van der Waals surface area contributed by atoms with Crippen molar-refractivity contribution in [1.29, 1.82) is 0 Å². The van der Waals surface area contributed by atoms with Crippen LogP contribution in [0.25, 0.3) is 22.1 Å². The highest BCUT2D eigenvalue weighted by Crippen LogP contribution is 2.24. The molecule has 4 nitrogen and oxygen atoms in total. The zero-order valence-electron chi connectivity index (χ0n) is 16.0. The standard InChI is InChI=1S/C24H22N2O2/c1-17(2)26(24(27)23-14-20-8-3-4-11-22(20)28-23)16-18-7-5-9-19(13-18)21-10-6-12-25-15-21/h3-15,17H,16H2,1-2H3. The van der Waals surface area contributed by atoms with Gasteiger partial charge < -0.3 is 9.32 Å². The molecule has 0 spiro atoms. The number of amides is 1. The fraction of sp³-hybridized carbons (Fsp3) is 0.167. The van der Waals surface area contributed by atoms with Crippen LogP contribution in [0.5, 0.6) is 0 Å². The number of hydrogen-bond donors (Lipinski definition) is 0. The summed E-state index contributed by atoms with van der Waals surface area (Å²) in [4.78, 5) is 19.2. The van der Waals surface area contributed by atoms with E-state index in [1.165, 1.54) is 0 Å². The molecule has 0 saturated heterocycles. The molecule has 28 heavy (non-hydrogen) atoms. The summed E-state index contributed by atoms with van der Waals surface area (Å²) in [6.07, 6.45) is 3.61. The fourth-order valence-corrected chi connectivity index (χ4v) is 3.30. The number of furan rings is 1. The number of para-hydroxylation sites is 1. The molecule has 0 unspecified atom stereocenters. The molecule has 0 aliphatic carbocycles. The average Bonchev–Trinajstić information content (AvgIpc) is 3.16. The van der Waals surface area contributed by atoms with Gasteiger partial charge in [0, 0.05) is 30.4 Å². The average molecular weight is 370 g/mol. The van der Waals surface area contributed by atoms with Crippen LogP contribution in [-0.4, -0.2) is 21.8 Å². The lowest BCUT2D eigenvalue weighted by molar-refractivity contribution is 0.0660. The highest BCUT2D eigenvalue weighted by molar-refractivity contribution is 5.96. The molecule has 0 saturated carbocycles. The normalized spacial score (nSPS) is 11.1. The Morgan fingerprint density at radius 3 is 2.57 bits per heavy atom. The van der Waals surface area contributed by atoms with Crippen LogP contribution >= 0.6 is 0 Å². The molecule has 0 radical (unpaired) electrons. The van der Waals surface area contributed by atoms with Gasteiger partial charge >= 0.3 is 0 Å². The van der Waals surface area contributed by atoms with E-state index in [9.17, 15) is 4.79 Å². The molecule has 0 aliphatic heterocycles. The van der Waals surface area contributed by atoms with Gasteiger partial charge in [0.05, 0.1) is 0 Å². The molecule has 0 bridgehead atoms. The highest BCUT2D eigenvalue weighted by Gasteiger charge is 2.22. The first-order chi connectivity index (χ1) is 13.6. The summed E-state index contributed by atoms with van der Waals surface area (Å²) < 4.78 is 5.79. The van der Waals surface area contributed by atoms with Crippen molar-refractivity contribution >= 4 is 16.9 Å². The maximum atomic E-state index is 13.1. The van der Waals surface area contributed by atoms with Crippen LogP contribution in [-0.2, 0) is 6.54 Å². The summed E-state index contributed by atoms with van der Waals surface area (Å²) in [6, 6.07) is 21.7. The first-order valence-electron chi connectivity index (χ1n) is 9.41. The molecule has 2 heterocycles. The number of rotatable bonds is 5. The van der Waals surface area contributed by atoms with Gasteiger partial charge in [0.25, 0.3) is 5.91 Å². The van der Waals surface area contributed by atoms with Crippen molar-refractivity contribution in [3.63, 3.8) is 0 Å². The summed E-state index contributed by atoms with van der Waals surface area (Å²) in [6.45, 7) is 4.55. The third kappa shape index (κ3) is 3.67. The van der Waals surface area contributed by atoms with E-state index < -0.39 is 0 Å². The number of carbonyl (C=O) groups excluding carboxylic acids is 1. The molecule has 0 N–H and O–H groups in total. The SMILES string of the molecule is CC(C)N(Cc1cccc(-c2cccnc2)c1)C(=O)c1cc2ccccc2o1. The third-order valence-corrected chi connectivity index (χ3v) is 4.80. The van der Waals surface area contributed by atoms with Crippen molar-refractivity contribution in [2.75, 3.05) is 0 Å². The zero-order chi connectivity index (χ0) is 19.5. The zero-order valence-corrected chi connectivity index (χ0v) is 16.0. The van der Waals surface area contributed by atoms with E-state index in [0.29, 0.717) is 12.3 Å². The molecule has 0 aliphatic rings. The van der Waals surface area contributed by atoms with Gasteiger partial charge in [0.1, 0.15) is 5.58 Å². The van der Waals surface area contributed by atoms with Gasteiger partial charge in [0.2, 0.25) is 0 Å². The molecule has 1 amide bonds. The van der Waals surface area contributed by atoms with Crippen LogP contribution < -0.4 is 0 Å². The Kier molecular flexibility index (Phi) is 4.94. The van der Waals surface area contributed by atoms with Crippen LogP contribution in [0.15, 0.2) is 83.5 Å². The van der Waals surface area contributed by atoms with E-state index in [-0.39, 0.29) is 11.9 Å². The van der Waals surface area contributed by atoms with Gasteiger partial charge in [0.15, 0.2) is 5.76 Å². The lowest BCUT2D eigenvalue weighted by atomic mass is 10.0. The number of hydrogen-bond acceptors (Lipinski definition) is 3. The number of pyridine rings is 1. The van der Waals surface area contributed by atoms with E-state index in [1.807, 2.05) is 79.5 Å². The predicted octanol–water partition coefficient (Wildman–Crippen LogP) is 5.55. The first-order valence-corrected chi connectivity index (χ1v) is 9.41. The van der Waals surface area contributed by atoms with Crippen LogP contribution in [0.3, 0.4) is 0 Å². The van der Waals surface area contributed by atoms with Crippen molar-refractivity contribution in [3.8, 4) is 11.1 Å². The minimum absolute atomic E-state index is 0.0442. The number of nitrogens with zero attached hydrogens (tertiary/aromatic N) is 2. The summed E-state index contributed by atoms with van der Waals surface area (Å²) in [7, 11) is 0. The smallest absolute Gasteiger partial charge is 0.290 e. The van der Waals surface area contributed by atoms with Crippen molar-refractivity contribution in [3.05, 3.63) is 90.4 Å². The topological polar surface area (TPSA) is 46.3 Å². The predicted molar refractivity (Wildman–Crippen MR) is 111 cm³/mol. The molecule has 2 aromatic carbocycles. The van der Waals surface area contributed by atoms with Crippen molar-refractivity contribution in [1.82, 2.24) is 9.88 Å². The monoisotopic (exact) mass is 370 g/mol. The number of aromatic nitrogens is 1. The second-order valence-corrected chi connectivity index (χ2v) is 7.12. The minimum atomic E-state index is -0.0991. The van der Waals surface area contributed by atoms with Gasteiger partial charge in [-0.15, -0.1) is 0 Å². The molecule has 2 aromatic heterocycles. The number of fused-ring (bicyclic) bond motifs is 1. The van der Waals surface area contributed by atoms with E-state index in [1.54, 1.807) is 6.20 Å². The molecule has 4 aromatic rings. The molecule has 140 valence electrons. The van der Waals surface area contributed by atoms with E-state index in [0.717, 1.165) is 27.7 Å². The second kappa shape index (κ2) is 7.69. The van der Waals surface area contributed by atoms with Crippen molar-refractivity contribution in [2.45, 2.75) is 26.4 Å². The fourth-order valence-electron chi connectivity index (χ4n) is 3.30. The van der Waals surface area contributed by atoms with Gasteiger partial charge in [-0.1, -0.05) is 42.5 Å². The molecular weight excluding hydrogens is 348 g/mol. The molecule has 4 rings (SSSR count). The summed E-state index contributed by atoms with van der Waals surface area (Å²) in [5.74, 6) is 0.274. The Bertz CT molecular complexity index is 1070. The molecule has 0 fully saturated rings. The third-order valence-electron chi connectivity index (χ3n) is 4.80. The maximum Gasteiger partial charge on any atom is 0.290 e. The van der Waals surface area contributed by atoms with E-state index >= 15 is 0 Å². The van der Waals surface area contributed by atoms with E-state index in [4.69, 9.17) is 4.42 Å². The first kappa shape index (κ1) is 18.0. The minimum Gasteiger partial charge on any atom is -0.451 e. The van der Waals surface area contributed by atoms with Crippen molar-refractivity contribution in [2.24, 2.45) is 0 Å². The maximum absolute atomic E-state index is 13.1. The van der Waals surface area contributed by atoms with Crippen LogP contribution in [0.2, 0.25) is 0 Å². The number of benzene rings is 2. The van der Waals surface area contributed by atoms with Crippen LogP contribution in [0.1, 0.15) is 30.0 Å². The van der Waals surface area contributed by atoms with Gasteiger partial charge in [-0.05, 0) is 54.8 Å². The highest BCUT2D eigenvalue weighted by atomic mass is 16.3. The summed E-state index contributed by atoms with van der Waals surface area (Å²) in [5, 5.41) is 0.938. The van der Waals surface area contributed by atoms with E-state index in [2.05, 4.69) is 17.1 Å². The molecule has 0 atom stereocenters. The second-order valence-electron chi connectivity index (χ2n) is 7.12. The lowest BCUT2D eigenvalue weighted by Gasteiger charge is -2.26. The quantitative estimate of drug-likeness (QED) is 0.463. The number of carbonyl (C=O) groups is 1. The Morgan fingerprint density at radius 1 is 1.00 bits per heavy atom. The summed E-state index contributed by atoms with van der Waals surface area (Å²) >= 11 is 0. The summed E-state index contributed by atoms with van der Waals surface area (Å²) in [5.41, 5.74) is 3.95. The Balaban J connectivity index is 1.61. The molecule has 4 heteroatoms. The van der Waals surface area contributed by atoms with Crippen molar-refractivity contribution < 1.29 is 9.21 Å². The molecular formula is C24H22N2O2.